The Kier molecular flexibility index (Phi) is 4.23. The van der Waals surface area contributed by atoms with Gasteiger partial charge in [-0.2, -0.15) is 0 Å². The van der Waals surface area contributed by atoms with Gasteiger partial charge in [-0.05, 0) is 20.8 Å². The number of aryl methyl sites for hydroxylation is 2. The van der Waals surface area contributed by atoms with Gasteiger partial charge in [0.05, 0.1) is 10.7 Å². The first kappa shape index (κ1) is 14.1. The van der Waals surface area contributed by atoms with Crippen molar-refractivity contribution in [1.29, 1.82) is 0 Å². The Morgan fingerprint density at radius 1 is 1.59 bits per heavy atom. The average Bonchev–Trinajstić information content (AvgIpc) is 2.55. The smallest absolute Gasteiger partial charge is 0.221 e. The van der Waals surface area contributed by atoms with Crippen molar-refractivity contribution in [3.63, 3.8) is 0 Å². The van der Waals surface area contributed by atoms with Gasteiger partial charge in [0.1, 0.15) is 11.0 Å². The molecule has 0 saturated carbocycles. The van der Waals surface area contributed by atoms with Crippen molar-refractivity contribution >= 4 is 27.2 Å². The molecule has 0 radical (unpaired) electrons. The van der Waals surface area contributed by atoms with E-state index >= 15 is 0 Å². The lowest BCUT2D eigenvalue weighted by Crippen LogP contribution is -2.39. The van der Waals surface area contributed by atoms with Gasteiger partial charge in [0, 0.05) is 12.1 Å². The number of hydrogen-bond donors (Lipinski definition) is 2. The molecule has 17 heavy (non-hydrogen) atoms. The summed E-state index contributed by atoms with van der Waals surface area (Å²) in [6.07, 6.45) is 0. The molecule has 1 rings (SSSR count). The minimum atomic E-state index is -3.55. The van der Waals surface area contributed by atoms with Crippen LogP contribution in [-0.4, -0.2) is 23.8 Å². The molecular formula is C9H15N3O3S2. The van der Waals surface area contributed by atoms with E-state index in [0.29, 0.717) is 11.5 Å². The summed E-state index contributed by atoms with van der Waals surface area (Å²) in [6.45, 7) is 5.03. The summed E-state index contributed by atoms with van der Waals surface area (Å²) in [7, 11) is -3.55. The van der Waals surface area contributed by atoms with Crippen molar-refractivity contribution in [2.24, 2.45) is 5.73 Å². The molecule has 1 aromatic heterocycles. The van der Waals surface area contributed by atoms with E-state index in [-0.39, 0.29) is 11.5 Å². The normalized spacial score (nSPS) is 13.6. The Hall–Kier alpha value is -0.990. The average molecular weight is 277 g/mol. The van der Waals surface area contributed by atoms with Crippen LogP contribution in [0.3, 0.4) is 0 Å². The maximum Gasteiger partial charge on any atom is 0.221 e. The van der Waals surface area contributed by atoms with E-state index in [0.717, 1.165) is 5.56 Å². The monoisotopic (exact) mass is 277 g/mol. The fourth-order valence-corrected chi connectivity index (χ4v) is 2.49. The minimum Gasteiger partial charge on any atom is -0.392 e. The Morgan fingerprint density at radius 3 is 2.59 bits per heavy atom. The highest BCUT2D eigenvalue weighted by Crippen LogP contribution is 2.12. The van der Waals surface area contributed by atoms with Crippen LogP contribution in [0, 0.1) is 13.8 Å². The largest absolute Gasteiger partial charge is 0.392 e. The number of aromatic nitrogens is 1. The van der Waals surface area contributed by atoms with E-state index in [2.05, 4.69) is 22.1 Å². The second kappa shape index (κ2) is 5.11. The van der Waals surface area contributed by atoms with Crippen molar-refractivity contribution in [2.45, 2.75) is 32.6 Å². The van der Waals surface area contributed by atoms with E-state index in [1.165, 1.54) is 6.92 Å². The van der Waals surface area contributed by atoms with Crippen LogP contribution in [0.4, 0.5) is 0 Å². The lowest BCUT2D eigenvalue weighted by atomic mass is 10.2. The van der Waals surface area contributed by atoms with Crippen LogP contribution in [0.2, 0.25) is 0 Å². The summed E-state index contributed by atoms with van der Waals surface area (Å²) in [6, 6.07) is 0. The number of thiocarbonyl (C=S) groups is 1. The molecule has 0 aliphatic heterocycles. The second-order valence-corrected chi connectivity index (χ2v) is 6.27. The van der Waals surface area contributed by atoms with Crippen LogP contribution < -0.4 is 10.5 Å². The molecule has 3 N–H and O–H groups in total. The molecule has 0 spiro atoms. The fraction of sp³-hybridized carbons (Fsp3) is 0.556. The van der Waals surface area contributed by atoms with Gasteiger partial charge < -0.3 is 10.3 Å². The van der Waals surface area contributed by atoms with Crippen molar-refractivity contribution in [3.05, 3.63) is 17.0 Å². The van der Waals surface area contributed by atoms with Crippen molar-refractivity contribution in [1.82, 2.24) is 9.88 Å². The molecule has 0 amide bonds. The van der Waals surface area contributed by atoms with Crippen LogP contribution in [0.1, 0.15) is 23.9 Å². The van der Waals surface area contributed by atoms with E-state index in [1.807, 2.05) is 0 Å². The molecule has 0 saturated heterocycles. The van der Waals surface area contributed by atoms with E-state index in [4.69, 9.17) is 10.3 Å². The van der Waals surface area contributed by atoms with Crippen LogP contribution in [-0.2, 0) is 16.6 Å². The molecule has 1 aromatic rings. The van der Waals surface area contributed by atoms with Gasteiger partial charge in [-0.15, -0.1) is 0 Å². The first-order valence-electron chi connectivity index (χ1n) is 4.95. The molecule has 96 valence electrons. The minimum absolute atomic E-state index is 0.0590. The van der Waals surface area contributed by atoms with Gasteiger partial charge in [-0.25, -0.2) is 13.1 Å². The van der Waals surface area contributed by atoms with Crippen molar-refractivity contribution in [3.8, 4) is 0 Å². The number of hydrogen-bond acceptors (Lipinski definition) is 5. The van der Waals surface area contributed by atoms with Gasteiger partial charge in [0.25, 0.3) is 0 Å². The summed E-state index contributed by atoms with van der Waals surface area (Å²) in [5, 5.41) is 2.83. The highest BCUT2D eigenvalue weighted by atomic mass is 32.2. The molecule has 1 atom stereocenters. The number of nitrogens with zero attached hydrogens (tertiary/aromatic N) is 1. The third-order valence-electron chi connectivity index (χ3n) is 2.50. The highest BCUT2D eigenvalue weighted by molar-refractivity contribution is 7.93. The van der Waals surface area contributed by atoms with Crippen molar-refractivity contribution < 1.29 is 12.9 Å². The fourth-order valence-electron chi connectivity index (χ4n) is 1.20. The quantitative estimate of drug-likeness (QED) is 0.755. The van der Waals surface area contributed by atoms with Gasteiger partial charge >= 0.3 is 0 Å². The van der Waals surface area contributed by atoms with Crippen LogP contribution in [0.5, 0.6) is 0 Å². The Bertz CT molecular complexity index is 502. The van der Waals surface area contributed by atoms with Crippen molar-refractivity contribution in [2.75, 3.05) is 0 Å². The van der Waals surface area contributed by atoms with Crippen LogP contribution >= 0.6 is 12.2 Å². The summed E-state index contributed by atoms with van der Waals surface area (Å²) in [5.74, 6) is 0.591. The predicted octanol–water partition coefficient (Wildman–Crippen LogP) is 0.385. The lowest BCUT2D eigenvalue weighted by Gasteiger charge is -2.12. The number of rotatable bonds is 5. The molecule has 0 fully saturated rings. The summed E-state index contributed by atoms with van der Waals surface area (Å²) >= 11 is 4.66. The van der Waals surface area contributed by atoms with E-state index < -0.39 is 15.3 Å². The van der Waals surface area contributed by atoms with Gasteiger partial charge in [-0.3, -0.25) is 0 Å². The Balaban J connectivity index is 2.78. The molecular weight excluding hydrogens is 262 g/mol. The first-order valence-corrected chi connectivity index (χ1v) is 6.90. The third-order valence-corrected chi connectivity index (χ3v) is 4.73. The molecule has 8 heteroatoms. The maximum atomic E-state index is 11.8. The zero-order chi connectivity index (χ0) is 13.2. The molecule has 6 nitrogen and oxygen atoms in total. The zero-order valence-corrected chi connectivity index (χ0v) is 11.5. The Morgan fingerprint density at radius 2 is 2.18 bits per heavy atom. The van der Waals surface area contributed by atoms with Gasteiger partial charge in [0.2, 0.25) is 10.0 Å². The number of nitrogens with one attached hydrogen (secondary N) is 1. The molecule has 1 heterocycles. The second-order valence-electron chi connectivity index (χ2n) is 3.71. The third kappa shape index (κ3) is 3.24. The van der Waals surface area contributed by atoms with Crippen LogP contribution in [0.15, 0.2) is 4.52 Å². The molecule has 0 aliphatic carbocycles. The zero-order valence-electron chi connectivity index (χ0n) is 9.85. The number of nitrogens with two attached hydrogens (primary N) is 1. The highest BCUT2D eigenvalue weighted by Gasteiger charge is 2.23. The van der Waals surface area contributed by atoms with Gasteiger partial charge in [0.15, 0.2) is 0 Å². The number of sulfonamides is 1. The topological polar surface area (TPSA) is 98.2 Å². The van der Waals surface area contributed by atoms with E-state index in [1.54, 1.807) is 13.8 Å². The van der Waals surface area contributed by atoms with E-state index in [9.17, 15) is 8.42 Å². The molecule has 0 aliphatic rings. The summed E-state index contributed by atoms with van der Waals surface area (Å²) < 4.78 is 30.9. The molecule has 1 unspecified atom stereocenters. The standard InChI is InChI=1S/C9H15N3O3S2/c1-5-8(6(2)15-12-5)4-11-17(13,14)7(3)9(10)16/h7,11H,4H2,1-3H3,(H2,10,16). The van der Waals surface area contributed by atoms with Gasteiger partial charge in [-0.1, -0.05) is 17.4 Å². The molecule has 0 bridgehead atoms. The SMILES string of the molecule is Cc1noc(C)c1CNS(=O)(=O)C(C)C(N)=S. The van der Waals surface area contributed by atoms with Crippen LogP contribution in [0.25, 0.3) is 0 Å². The maximum absolute atomic E-state index is 11.8. The Labute approximate surface area is 106 Å². The molecule has 0 aromatic carbocycles. The lowest BCUT2D eigenvalue weighted by molar-refractivity contribution is 0.392. The summed E-state index contributed by atoms with van der Waals surface area (Å²) in [4.78, 5) is -0.0590. The predicted molar refractivity (Wildman–Crippen MR) is 68.0 cm³/mol. The summed E-state index contributed by atoms with van der Waals surface area (Å²) in [5.41, 5.74) is 6.70. The first-order chi connectivity index (χ1) is 7.75.